The number of carbonyl (C=O) groups is 3. The van der Waals surface area contributed by atoms with Gasteiger partial charge in [-0.05, 0) is 50.0 Å². The number of carboxylic acid groups (broad SMARTS) is 1. The third kappa shape index (κ3) is 4.98. The van der Waals surface area contributed by atoms with Crippen molar-refractivity contribution in [3.63, 3.8) is 0 Å². The number of ketones is 1. The number of Topliss-reactive ketones (excluding diaryl/α,β-unsaturated/α-hetero) is 1. The summed E-state index contributed by atoms with van der Waals surface area (Å²) >= 11 is 1.62. The molecule has 0 saturated carbocycles. The van der Waals surface area contributed by atoms with Crippen molar-refractivity contribution in [2.45, 2.75) is 45.3 Å². The van der Waals surface area contributed by atoms with Crippen LogP contribution in [0.2, 0.25) is 0 Å². The van der Waals surface area contributed by atoms with Crippen LogP contribution in [0, 0.1) is 0 Å². The number of benzene rings is 1. The number of carboxylic acids is 1. The molecule has 0 fully saturated rings. The van der Waals surface area contributed by atoms with Gasteiger partial charge in [0.25, 0.3) is 5.91 Å². The quantitative estimate of drug-likeness (QED) is 0.722. The monoisotopic (exact) mass is 365 g/mol. The number of thioether (sulfide) groups is 1. The van der Waals surface area contributed by atoms with Gasteiger partial charge in [0.1, 0.15) is 17.4 Å². The molecule has 25 heavy (non-hydrogen) atoms. The molecule has 0 bridgehead atoms. The van der Waals surface area contributed by atoms with Gasteiger partial charge < -0.3 is 15.2 Å². The van der Waals surface area contributed by atoms with Gasteiger partial charge in [0.05, 0.1) is 12.0 Å². The zero-order chi connectivity index (χ0) is 18.6. The van der Waals surface area contributed by atoms with Gasteiger partial charge in [-0.25, -0.2) is 4.79 Å². The van der Waals surface area contributed by atoms with E-state index in [2.05, 4.69) is 5.32 Å². The Balaban J connectivity index is 2.13. The maximum absolute atomic E-state index is 12.4. The minimum Gasteiger partial charge on any atom is -0.487 e. The highest BCUT2D eigenvalue weighted by atomic mass is 32.2. The number of ether oxygens (including phenoxy) is 1. The molecule has 0 aliphatic carbocycles. The smallest absolute Gasteiger partial charge is 0.326 e. The second-order valence-electron chi connectivity index (χ2n) is 6.52. The van der Waals surface area contributed by atoms with E-state index in [9.17, 15) is 19.5 Å². The summed E-state index contributed by atoms with van der Waals surface area (Å²) in [6.07, 6.45) is 0.581. The van der Waals surface area contributed by atoms with Crippen LogP contribution in [0.25, 0.3) is 0 Å². The highest BCUT2D eigenvalue weighted by Gasteiger charge is 2.33. The number of rotatable bonds is 7. The molecule has 0 spiro atoms. The van der Waals surface area contributed by atoms with Gasteiger partial charge in [-0.15, -0.1) is 0 Å². The van der Waals surface area contributed by atoms with Crippen molar-refractivity contribution >= 4 is 29.4 Å². The zero-order valence-electron chi connectivity index (χ0n) is 14.6. The Bertz CT molecular complexity index is 686. The first-order valence-electron chi connectivity index (χ1n) is 8.21. The zero-order valence-corrected chi connectivity index (χ0v) is 15.4. The van der Waals surface area contributed by atoms with Crippen LogP contribution in [0.15, 0.2) is 18.2 Å². The Morgan fingerprint density at radius 3 is 2.76 bits per heavy atom. The molecule has 0 radical (unpaired) electrons. The van der Waals surface area contributed by atoms with Crippen molar-refractivity contribution in [2.75, 3.05) is 11.5 Å². The van der Waals surface area contributed by atoms with Crippen LogP contribution in [-0.2, 0) is 4.79 Å². The average Bonchev–Trinajstić information content (AvgIpc) is 2.52. The van der Waals surface area contributed by atoms with Crippen LogP contribution in [0.5, 0.6) is 5.75 Å². The third-order valence-electron chi connectivity index (χ3n) is 3.87. The van der Waals surface area contributed by atoms with E-state index >= 15 is 0 Å². The third-order valence-corrected chi connectivity index (χ3v) is 4.81. The summed E-state index contributed by atoms with van der Waals surface area (Å²) in [7, 11) is 0. The average molecular weight is 365 g/mol. The number of hydrogen-bond acceptors (Lipinski definition) is 5. The maximum Gasteiger partial charge on any atom is 0.326 e. The second kappa shape index (κ2) is 7.91. The molecule has 2 rings (SSSR count). The summed E-state index contributed by atoms with van der Waals surface area (Å²) in [6, 6.07) is 3.66. The lowest BCUT2D eigenvalue weighted by Crippen LogP contribution is -2.41. The molecule has 136 valence electrons. The molecule has 1 aromatic rings. The van der Waals surface area contributed by atoms with Crippen LogP contribution in [-0.4, -0.2) is 45.9 Å². The summed E-state index contributed by atoms with van der Waals surface area (Å²) in [5.41, 5.74) is 0.0457. The predicted molar refractivity (Wildman–Crippen MR) is 96.6 cm³/mol. The summed E-state index contributed by atoms with van der Waals surface area (Å²) in [5.74, 6) is 0.337. The minimum atomic E-state index is -1.07. The lowest BCUT2D eigenvalue weighted by Gasteiger charge is -2.31. The van der Waals surface area contributed by atoms with Crippen molar-refractivity contribution in [1.29, 1.82) is 0 Å². The fraction of sp³-hybridized carbons (Fsp3) is 0.500. The van der Waals surface area contributed by atoms with Crippen LogP contribution < -0.4 is 10.1 Å². The Morgan fingerprint density at radius 1 is 1.40 bits per heavy atom. The highest BCUT2D eigenvalue weighted by Crippen LogP contribution is 2.33. The molecule has 1 heterocycles. The van der Waals surface area contributed by atoms with Gasteiger partial charge in [0.2, 0.25) is 0 Å². The number of nitrogens with one attached hydrogen (secondary N) is 1. The lowest BCUT2D eigenvalue weighted by molar-refractivity contribution is -0.139. The van der Waals surface area contributed by atoms with Crippen molar-refractivity contribution in [3.05, 3.63) is 29.3 Å². The normalized spacial score (nSPS) is 16.5. The molecule has 1 unspecified atom stereocenters. The van der Waals surface area contributed by atoms with E-state index in [1.807, 2.05) is 20.8 Å². The van der Waals surface area contributed by atoms with E-state index in [4.69, 9.17) is 4.74 Å². The van der Waals surface area contributed by atoms with E-state index in [0.717, 1.165) is 5.75 Å². The van der Waals surface area contributed by atoms with Gasteiger partial charge in [0, 0.05) is 5.56 Å². The summed E-state index contributed by atoms with van der Waals surface area (Å²) < 4.78 is 5.76. The molecular weight excluding hydrogens is 342 g/mol. The molecule has 0 saturated heterocycles. The Morgan fingerprint density at radius 2 is 2.12 bits per heavy atom. The molecule has 2 N–H and O–H groups in total. The van der Waals surface area contributed by atoms with Crippen LogP contribution in [0.4, 0.5) is 0 Å². The van der Waals surface area contributed by atoms with Crippen LogP contribution >= 0.6 is 11.8 Å². The Labute approximate surface area is 151 Å². The van der Waals surface area contributed by atoms with Gasteiger partial charge in [-0.2, -0.15) is 11.8 Å². The molecular formula is C18H23NO5S. The standard InChI is InChI=1S/C18H23NO5S/c1-4-25-8-7-13(17(22)23)19-16(21)11-5-6-15-12(9-11)14(20)10-18(2,3)24-15/h5-6,9,13H,4,7-8,10H2,1-3H3,(H,19,21)(H,22,23). The number of carbonyl (C=O) groups excluding carboxylic acids is 2. The van der Waals surface area contributed by atoms with E-state index in [0.29, 0.717) is 23.5 Å². The van der Waals surface area contributed by atoms with E-state index in [-0.39, 0.29) is 17.8 Å². The molecule has 1 atom stereocenters. The number of fused-ring (bicyclic) bond motifs is 1. The number of hydrogen-bond donors (Lipinski definition) is 2. The first-order valence-corrected chi connectivity index (χ1v) is 9.36. The molecule has 7 heteroatoms. The topological polar surface area (TPSA) is 92.7 Å². The first kappa shape index (κ1) is 19.3. The van der Waals surface area contributed by atoms with E-state index in [1.54, 1.807) is 23.9 Å². The first-order chi connectivity index (χ1) is 11.7. The lowest BCUT2D eigenvalue weighted by atomic mass is 9.92. The molecule has 6 nitrogen and oxygen atoms in total. The second-order valence-corrected chi connectivity index (χ2v) is 7.92. The van der Waals surface area contributed by atoms with E-state index < -0.39 is 23.5 Å². The van der Waals surface area contributed by atoms with Gasteiger partial charge in [-0.1, -0.05) is 6.92 Å². The molecule has 1 aliphatic heterocycles. The fourth-order valence-electron chi connectivity index (χ4n) is 2.64. The van der Waals surface area contributed by atoms with Gasteiger partial charge in [-0.3, -0.25) is 9.59 Å². The predicted octanol–water partition coefficient (Wildman–Crippen LogP) is 2.76. The van der Waals surface area contributed by atoms with Crippen molar-refractivity contribution in [2.24, 2.45) is 0 Å². The van der Waals surface area contributed by atoms with Crippen molar-refractivity contribution in [3.8, 4) is 5.75 Å². The maximum atomic E-state index is 12.4. The Kier molecular flexibility index (Phi) is 6.11. The van der Waals surface area contributed by atoms with Crippen LogP contribution in [0.1, 0.15) is 54.3 Å². The Hall–Kier alpha value is -2.02. The van der Waals surface area contributed by atoms with Gasteiger partial charge in [0.15, 0.2) is 5.78 Å². The van der Waals surface area contributed by atoms with E-state index in [1.165, 1.54) is 6.07 Å². The minimum absolute atomic E-state index is 0.0879. The van der Waals surface area contributed by atoms with Gasteiger partial charge >= 0.3 is 5.97 Å². The molecule has 1 aromatic carbocycles. The summed E-state index contributed by atoms with van der Waals surface area (Å²) in [5, 5.41) is 11.8. The highest BCUT2D eigenvalue weighted by molar-refractivity contribution is 7.99. The fourth-order valence-corrected chi connectivity index (χ4v) is 3.33. The molecule has 1 amide bonds. The number of aliphatic carboxylic acids is 1. The number of amides is 1. The summed E-state index contributed by atoms with van der Waals surface area (Å²) in [6.45, 7) is 5.66. The summed E-state index contributed by atoms with van der Waals surface area (Å²) in [4.78, 5) is 36.0. The van der Waals surface area contributed by atoms with Crippen molar-refractivity contribution < 1.29 is 24.2 Å². The molecule has 0 aromatic heterocycles. The largest absolute Gasteiger partial charge is 0.487 e. The molecule has 1 aliphatic rings. The van der Waals surface area contributed by atoms with Crippen LogP contribution in [0.3, 0.4) is 0 Å². The van der Waals surface area contributed by atoms with Crippen molar-refractivity contribution in [1.82, 2.24) is 5.32 Å². The SMILES string of the molecule is CCSCCC(NC(=O)c1ccc2c(c1)C(=O)CC(C)(C)O2)C(=O)O.